The molecule has 4 aromatic rings. The Morgan fingerprint density at radius 3 is 2.49 bits per heavy atom. The number of aromatic nitrogens is 3. The van der Waals surface area contributed by atoms with Crippen LogP contribution in [0.5, 0.6) is 0 Å². The zero-order chi connectivity index (χ0) is 24.7. The second-order valence-corrected chi connectivity index (χ2v) is 8.40. The van der Waals surface area contributed by atoms with Crippen molar-refractivity contribution in [2.75, 3.05) is 6.54 Å². The molecule has 1 atom stereocenters. The first kappa shape index (κ1) is 22.6. The number of carbonyl (C=O) groups excluding carboxylic acids is 1. The maximum Gasteiger partial charge on any atom is 0.416 e. The first-order chi connectivity index (χ1) is 16.7. The third-order valence-corrected chi connectivity index (χ3v) is 6.14. The number of hydrogen-bond donors (Lipinski definition) is 0. The van der Waals surface area contributed by atoms with E-state index in [1.54, 1.807) is 11.8 Å². The molecule has 0 radical (unpaired) electrons. The van der Waals surface area contributed by atoms with Crippen LogP contribution >= 0.6 is 0 Å². The third-order valence-electron chi connectivity index (χ3n) is 6.14. The molecule has 0 aliphatic carbocycles. The van der Waals surface area contributed by atoms with Crippen LogP contribution in [-0.2, 0) is 12.7 Å². The van der Waals surface area contributed by atoms with E-state index < -0.39 is 29.1 Å². The van der Waals surface area contributed by atoms with Gasteiger partial charge in [0.2, 0.25) is 5.43 Å². The van der Waals surface area contributed by atoms with Crippen LogP contribution < -0.4 is 5.43 Å². The molecule has 1 unspecified atom stereocenters. The van der Waals surface area contributed by atoms with Crippen molar-refractivity contribution in [1.82, 2.24) is 19.2 Å². The summed E-state index contributed by atoms with van der Waals surface area (Å²) in [4.78, 5) is 28.2. The first-order valence-corrected chi connectivity index (χ1v) is 11.0. The van der Waals surface area contributed by atoms with Crippen LogP contribution in [0, 0.1) is 6.92 Å². The van der Waals surface area contributed by atoms with Gasteiger partial charge in [-0.2, -0.15) is 18.3 Å². The molecule has 0 saturated heterocycles. The summed E-state index contributed by atoms with van der Waals surface area (Å²) in [6, 6.07) is 18.7. The van der Waals surface area contributed by atoms with E-state index in [0.717, 1.165) is 23.4 Å². The minimum atomic E-state index is -4.53. The van der Waals surface area contributed by atoms with Crippen molar-refractivity contribution in [2.45, 2.75) is 25.7 Å². The Kier molecular flexibility index (Phi) is 5.55. The van der Waals surface area contributed by atoms with Gasteiger partial charge in [-0.25, -0.2) is 4.68 Å². The number of alkyl halides is 3. The first-order valence-electron chi connectivity index (χ1n) is 11.0. The second kappa shape index (κ2) is 8.57. The smallest absolute Gasteiger partial charge is 0.348 e. The molecule has 1 aliphatic heterocycles. The predicted octanol–water partition coefficient (Wildman–Crippen LogP) is 4.61. The topological polar surface area (TPSA) is 60.1 Å². The largest absolute Gasteiger partial charge is 0.416 e. The van der Waals surface area contributed by atoms with E-state index in [4.69, 9.17) is 0 Å². The highest BCUT2D eigenvalue weighted by atomic mass is 19.4. The molecule has 1 amide bonds. The van der Waals surface area contributed by atoms with Crippen LogP contribution in [0.25, 0.3) is 5.69 Å². The summed E-state index contributed by atoms with van der Waals surface area (Å²) in [7, 11) is 0. The van der Waals surface area contributed by atoms with Gasteiger partial charge in [-0.05, 0) is 42.8 Å². The minimum absolute atomic E-state index is 0.110. The number of hydrogen-bond acceptors (Lipinski definition) is 3. The minimum Gasteiger partial charge on any atom is -0.348 e. The predicted molar refractivity (Wildman–Crippen MR) is 123 cm³/mol. The number of aryl methyl sites for hydroxylation is 1. The maximum atomic E-state index is 13.7. The highest BCUT2D eigenvalue weighted by Crippen LogP contribution is 2.33. The Morgan fingerprint density at radius 2 is 1.74 bits per heavy atom. The number of benzene rings is 2. The van der Waals surface area contributed by atoms with Gasteiger partial charge >= 0.3 is 6.18 Å². The molecule has 6 nitrogen and oxygen atoms in total. The number of rotatable bonds is 3. The quantitative estimate of drug-likeness (QED) is 0.432. The summed E-state index contributed by atoms with van der Waals surface area (Å²) in [5, 5.41) is 4.25. The van der Waals surface area contributed by atoms with Crippen LogP contribution in [-0.4, -0.2) is 31.7 Å². The maximum absolute atomic E-state index is 13.7. The number of carbonyl (C=O) groups is 1. The lowest BCUT2D eigenvalue weighted by molar-refractivity contribution is -0.137. The Balaban J connectivity index is 1.59. The summed E-state index contributed by atoms with van der Waals surface area (Å²) in [5.41, 5.74) is 0.449. The average molecular weight is 478 g/mol. The van der Waals surface area contributed by atoms with E-state index in [2.05, 4.69) is 9.67 Å². The summed E-state index contributed by atoms with van der Waals surface area (Å²) in [6.07, 6.45) is -2.59. The molecule has 0 N–H and O–H groups in total. The van der Waals surface area contributed by atoms with Crippen molar-refractivity contribution in [3.05, 3.63) is 117 Å². The van der Waals surface area contributed by atoms with Crippen LogP contribution in [0.4, 0.5) is 13.2 Å². The van der Waals surface area contributed by atoms with E-state index in [0.29, 0.717) is 18.8 Å². The zero-order valence-corrected chi connectivity index (χ0v) is 18.7. The van der Waals surface area contributed by atoms with E-state index in [-0.39, 0.29) is 11.4 Å². The van der Waals surface area contributed by atoms with Gasteiger partial charge in [-0.15, -0.1) is 0 Å². The van der Waals surface area contributed by atoms with Gasteiger partial charge < -0.3 is 9.47 Å². The molecule has 178 valence electrons. The van der Waals surface area contributed by atoms with E-state index in [9.17, 15) is 22.8 Å². The molecule has 3 heterocycles. The SMILES string of the molecule is Cc1cc(=O)c(C(=O)N2CCn3cccc3C2c2ccccc2)nn1-c1cccc(C(F)(F)F)c1. The highest BCUT2D eigenvalue weighted by molar-refractivity contribution is 5.92. The average Bonchev–Trinajstić information content (AvgIpc) is 3.32. The molecule has 0 spiro atoms. The summed E-state index contributed by atoms with van der Waals surface area (Å²) >= 11 is 0. The van der Waals surface area contributed by atoms with Crippen LogP contribution in [0.1, 0.15) is 39.0 Å². The standard InChI is InChI=1S/C26H21F3N4O2/c1-17-15-22(34)23(30-33(17)20-10-5-9-19(16-20)26(27,28)29)25(35)32-14-13-31-12-6-11-21(31)24(32)18-7-3-2-4-8-18/h2-12,15-16,24H,13-14H2,1H3. The van der Waals surface area contributed by atoms with E-state index in [1.165, 1.54) is 22.9 Å². The second-order valence-electron chi connectivity index (χ2n) is 8.40. The van der Waals surface area contributed by atoms with Crippen molar-refractivity contribution in [2.24, 2.45) is 0 Å². The lowest BCUT2D eigenvalue weighted by atomic mass is 9.99. The fraction of sp³-hybridized carbons (Fsp3) is 0.192. The molecular formula is C26H21F3N4O2. The fourth-order valence-electron chi connectivity index (χ4n) is 4.50. The number of amides is 1. The molecule has 0 saturated carbocycles. The molecular weight excluding hydrogens is 457 g/mol. The lowest BCUT2D eigenvalue weighted by Crippen LogP contribution is -2.44. The third kappa shape index (κ3) is 4.14. The van der Waals surface area contributed by atoms with Gasteiger partial charge in [0.05, 0.1) is 17.3 Å². The van der Waals surface area contributed by atoms with E-state index >= 15 is 0 Å². The van der Waals surface area contributed by atoms with Gasteiger partial charge in [0.15, 0.2) is 5.69 Å². The lowest BCUT2D eigenvalue weighted by Gasteiger charge is -2.37. The summed E-state index contributed by atoms with van der Waals surface area (Å²) < 4.78 is 43.0. The molecule has 0 fully saturated rings. The zero-order valence-electron chi connectivity index (χ0n) is 18.7. The number of halogens is 3. The number of fused-ring (bicyclic) bond motifs is 1. The van der Waals surface area contributed by atoms with Crippen molar-refractivity contribution in [1.29, 1.82) is 0 Å². The molecule has 5 rings (SSSR count). The molecule has 9 heteroatoms. The van der Waals surface area contributed by atoms with Crippen LogP contribution in [0.15, 0.2) is 83.8 Å². The Labute approximate surface area is 198 Å². The van der Waals surface area contributed by atoms with Crippen molar-refractivity contribution < 1.29 is 18.0 Å². The van der Waals surface area contributed by atoms with Gasteiger partial charge in [-0.1, -0.05) is 36.4 Å². The highest BCUT2D eigenvalue weighted by Gasteiger charge is 2.35. The van der Waals surface area contributed by atoms with Gasteiger partial charge in [0.1, 0.15) is 0 Å². The monoisotopic (exact) mass is 478 g/mol. The molecule has 35 heavy (non-hydrogen) atoms. The van der Waals surface area contributed by atoms with Crippen molar-refractivity contribution >= 4 is 5.91 Å². The fourth-order valence-corrected chi connectivity index (χ4v) is 4.50. The van der Waals surface area contributed by atoms with Gasteiger partial charge in [-0.3, -0.25) is 9.59 Å². The number of nitrogens with zero attached hydrogens (tertiary/aromatic N) is 4. The van der Waals surface area contributed by atoms with Crippen molar-refractivity contribution in [3.8, 4) is 5.69 Å². The summed E-state index contributed by atoms with van der Waals surface area (Å²) in [5.74, 6) is -0.572. The Hall–Kier alpha value is -4.14. The van der Waals surface area contributed by atoms with Gasteiger partial charge in [0, 0.05) is 36.7 Å². The Morgan fingerprint density at radius 1 is 0.971 bits per heavy atom. The van der Waals surface area contributed by atoms with Crippen LogP contribution in [0.3, 0.4) is 0 Å². The van der Waals surface area contributed by atoms with Crippen molar-refractivity contribution in [3.63, 3.8) is 0 Å². The van der Waals surface area contributed by atoms with Gasteiger partial charge in [0.25, 0.3) is 5.91 Å². The molecule has 0 bridgehead atoms. The van der Waals surface area contributed by atoms with Crippen LogP contribution in [0.2, 0.25) is 0 Å². The normalized spacial score (nSPS) is 15.7. The molecule has 2 aromatic heterocycles. The summed E-state index contributed by atoms with van der Waals surface area (Å²) in [6.45, 7) is 2.45. The Bertz CT molecular complexity index is 1460. The molecule has 2 aromatic carbocycles. The van der Waals surface area contributed by atoms with E-state index in [1.807, 2.05) is 48.7 Å². The molecule has 1 aliphatic rings.